The van der Waals surface area contributed by atoms with Crippen LogP contribution in [-0.2, 0) is 9.59 Å². The minimum Gasteiger partial charge on any atom is -0.355 e. The van der Waals surface area contributed by atoms with Crippen LogP contribution < -0.4 is 10.2 Å². The van der Waals surface area contributed by atoms with E-state index in [1.807, 2.05) is 0 Å². The summed E-state index contributed by atoms with van der Waals surface area (Å²) in [5.41, 5.74) is 0.645. The number of nitrogens with zero attached hydrogens (tertiary/aromatic N) is 2. The van der Waals surface area contributed by atoms with Gasteiger partial charge in [-0.2, -0.15) is 0 Å². The van der Waals surface area contributed by atoms with Crippen molar-refractivity contribution in [3.8, 4) is 0 Å². The van der Waals surface area contributed by atoms with Crippen molar-refractivity contribution in [3.63, 3.8) is 0 Å². The van der Waals surface area contributed by atoms with Crippen LogP contribution in [0.1, 0.15) is 32.1 Å². The SMILES string of the molecule is O=C(NCCCN1CCCCC1)[C@H]1CCN(c2ccc(F)cc2)C1=O. The van der Waals surface area contributed by atoms with Gasteiger partial charge in [0.1, 0.15) is 11.7 Å². The summed E-state index contributed by atoms with van der Waals surface area (Å²) in [5.74, 6) is -1.34. The second-order valence-electron chi connectivity index (χ2n) is 6.85. The molecule has 2 aliphatic heterocycles. The van der Waals surface area contributed by atoms with Crippen LogP contribution in [0.15, 0.2) is 24.3 Å². The van der Waals surface area contributed by atoms with Gasteiger partial charge in [-0.3, -0.25) is 9.59 Å². The Morgan fingerprint density at radius 3 is 2.56 bits per heavy atom. The largest absolute Gasteiger partial charge is 0.355 e. The molecule has 2 fully saturated rings. The third-order valence-electron chi connectivity index (χ3n) is 5.06. The lowest BCUT2D eigenvalue weighted by molar-refractivity contribution is -0.132. The summed E-state index contributed by atoms with van der Waals surface area (Å²) in [6.07, 6.45) is 5.27. The van der Waals surface area contributed by atoms with Gasteiger partial charge in [0.05, 0.1) is 0 Å². The molecule has 2 saturated heterocycles. The Kier molecular flexibility index (Phi) is 6.02. The summed E-state index contributed by atoms with van der Waals surface area (Å²) >= 11 is 0. The molecule has 1 N–H and O–H groups in total. The molecule has 25 heavy (non-hydrogen) atoms. The minimum atomic E-state index is -0.625. The number of nitrogens with one attached hydrogen (secondary N) is 1. The predicted octanol–water partition coefficient (Wildman–Crippen LogP) is 2.17. The first-order valence-corrected chi connectivity index (χ1v) is 9.22. The Bertz CT molecular complexity index is 599. The summed E-state index contributed by atoms with van der Waals surface area (Å²) < 4.78 is 13.0. The van der Waals surface area contributed by atoms with Gasteiger partial charge in [-0.25, -0.2) is 4.39 Å². The molecule has 1 aromatic carbocycles. The maximum Gasteiger partial charge on any atom is 0.239 e. The Hall–Kier alpha value is -1.95. The van der Waals surface area contributed by atoms with Crippen LogP contribution in [0.3, 0.4) is 0 Å². The summed E-state index contributed by atoms with van der Waals surface area (Å²) in [5, 5.41) is 2.90. The summed E-state index contributed by atoms with van der Waals surface area (Å²) in [6.45, 7) is 4.41. The van der Waals surface area contributed by atoms with Crippen molar-refractivity contribution in [2.75, 3.05) is 37.6 Å². The number of halogens is 1. The molecule has 6 heteroatoms. The third-order valence-corrected chi connectivity index (χ3v) is 5.06. The van der Waals surface area contributed by atoms with E-state index in [-0.39, 0.29) is 17.6 Å². The second kappa shape index (κ2) is 8.43. The zero-order valence-electron chi connectivity index (χ0n) is 14.5. The number of piperidine rings is 1. The van der Waals surface area contributed by atoms with Gasteiger partial charge in [0.15, 0.2) is 0 Å². The Balaban J connectivity index is 1.43. The lowest BCUT2D eigenvalue weighted by Crippen LogP contribution is -2.38. The average molecular weight is 347 g/mol. The fourth-order valence-corrected chi connectivity index (χ4v) is 3.62. The lowest BCUT2D eigenvalue weighted by Gasteiger charge is -2.26. The lowest BCUT2D eigenvalue weighted by atomic mass is 10.1. The smallest absolute Gasteiger partial charge is 0.239 e. The second-order valence-corrected chi connectivity index (χ2v) is 6.85. The van der Waals surface area contributed by atoms with E-state index in [1.54, 1.807) is 17.0 Å². The van der Waals surface area contributed by atoms with Gasteiger partial charge in [-0.15, -0.1) is 0 Å². The van der Waals surface area contributed by atoms with Gasteiger partial charge in [-0.05, 0) is 69.6 Å². The van der Waals surface area contributed by atoms with Crippen molar-refractivity contribution in [3.05, 3.63) is 30.1 Å². The third kappa shape index (κ3) is 4.57. The maximum atomic E-state index is 13.0. The van der Waals surface area contributed by atoms with Crippen molar-refractivity contribution in [2.45, 2.75) is 32.1 Å². The summed E-state index contributed by atoms with van der Waals surface area (Å²) in [7, 11) is 0. The summed E-state index contributed by atoms with van der Waals surface area (Å²) in [4.78, 5) is 28.8. The Morgan fingerprint density at radius 1 is 1.12 bits per heavy atom. The first-order chi connectivity index (χ1) is 12.1. The zero-order valence-corrected chi connectivity index (χ0v) is 14.5. The standard InChI is InChI=1S/C19H26FN3O2/c20-15-5-7-16(8-6-15)23-14-9-17(19(23)25)18(24)21-10-4-13-22-11-2-1-3-12-22/h5-8,17H,1-4,9-14H2,(H,21,24)/t17-/m1/s1. The molecule has 2 heterocycles. The van der Waals surface area contributed by atoms with Crippen molar-refractivity contribution in [2.24, 2.45) is 5.92 Å². The van der Waals surface area contributed by atoms with E-state index in [9.17, 15) is 14.0 Å². The number of likely N-dealkylation sites (tertiary alicyclic amines) is 1. The predicted molar refractivity (Wildman–Crippen MR) is 94.8 cm³/mol. The molecule has 5 nitrogen and oxygen atoms in total. The van der Waals surface area contributed by atoms with Crippen molar-refractivity contribution < 1.29 is 14.0 Å². The fourth-order valence-electron chi connectivity index (χ4n) is 3.62. The van der Waals surface area contributed by atoms with Crippen LogP contribution >= 0.6 is 0 Å². The van der Waals surface area contributed by atoms with Crippen LogP contribution in [0.25, 0.3) is 0 Å². The van der Waals surface area contributed by atoms with Gasteiger partial charge in [-0.1, -0.05) is 6.42 Å². The Labute approximate surface area is 148 Å². The molecule has 1 aromatic rings. The minimum absolute atomic E-state index is 0.187. The number of hydrogen-bond acceptors (Lipinski definition) is 3. The quantitative estimate of drug-likeness (QED) is 0.634. The van der Waals surface area contributed by atoms with Crippen LogP contribution in [-0.4, -0.2) is 49.4 Å². The molecule has 0 unspecified atom stereocenters. The highest BCUT2D eigenvalue weighted by molar-refractivity contribution is 6.09. The first-order valence-electron chi connectivity index (χ1n) is 9.22. The fraction of sp³-hybridized carbons (Fsp3) is 0.579. The molecule has 0 saturated carbocycles. The van der Waals surface area contributed by atoms with Gasteiger partial charge in [0.25, 0.3) is 0 Å². The normalized spacial score (nSPS) is 21.6. The number of carbonyl (C=O) groups excluding carboxylic acids is 2. The van der Waals surface area contributed by atoms with Crippen LogP contribution in [0.4, 0.5) is 10.1 Å². The van der Waals surface area contributed by atoms with Gasteiger partial charge >= 0.3 is 0 Å². The molecule has 2 amide bonds. The van der Waals surface area contributed by atoms with E-state index >= 15 is 0 Å². The number of anilines is 1. The van der Waals surface area contributed by atoms with E-state index in [2.05, 4.69) is 10.2 Å². The molecule has 1 atom stereocenters. The van der Waals surface area contributed by atoms with E-state index < -0.39 is 5.92 Å². The number of amides is 2. The highest BCUT2D eigenvalue weighted by Crippen LogP contribution is 2.25. The number of benzene rings is 1. The molecular formula is C19H26FN3O2. The molecule has 0 aromatic heterocycles. The summed E-state index contributed by atoms with van der Waals surface area (Å²) in [6, 6.07) is 5.81. The number of carbonyl (C=O) groups is 2. The molecule has 0 aliphatic carbocycles. The average Bonchev–Trinajstić information content (AvgIpc) is 3.02. The van der Waals surface area contributed by atoms with Crippen molar-refractivity contribution in [1.82, 2.24) is 10.2 Å². The number of rotatable bonds is 6. The topological polar surface area (TPSA) is 52.7 Å². The molecule has 0 radical (unpaired) electrons. The van der Waals surface area contributed by atoms with E-state index in [0.29, 0.717) is 25.2 Å². The van der Waals surface area contributed by atoms with E-state index in [0.717, 1.165) is 26.1 Å². The molecule has 0 spiro atoms. The molecule has 2 aliphatic rings. The van der Waals surface area contributed by atoms with Gasteiger partial charge < -0.3 is 15.1 Å². The highest BCUT2D eigenvalue weighted by atomic mass is 19.1. The van der Waals surface area contributed by atoms with Crippen LogP contribution in [0.5, 0.6) is 0 Å². The Morgan fingerprint density at radius 2 is 1.84 bits per heavy atom. The van der Waals surface area contributed by atoms with Crippen LogP contribution in [0, 0.1) is 11.7 Å². The monoisotopic (exact) mass is 347 g/mol. The maximum absolute atomic E-state index is 13.0. The highest BCUT2D eigenvalue weighted by Gasteiger charge is 2.37. The van der Waals surface area contributed by atoms with Gasteiger partial charge in [0.2, 0.25) is 11.8 Å². The van der Waals surface area contributed by atoms with Crippen molar-refractivity contribution in [1.29, 1.82) is 0 Å². The number of hydrogen-bond donors (Lipinski definition) is 1. The molecule has 0 bridgehead atoms. The molecular weight excluding hydrogens is 321 g/mol. The van der Waals surface area contributed by atoms with E-state index in [4.69, 9.17) is 0 Å². The molecule has 136 valence electrons. The van der Waals surface area contributed by atoms with Crippen LogP contribution in [0.2, 0.25) is 0 Å². The van der Waals surface area contributed by atoms with Gasteiger partial charge in [0, 0.05) is 18.8 Å². The first kappa shape index (κ1) is 17.9. The van der Waals surface area contributed by atoms with E-state index in [1.165, 1.54) is 31.4 Å². The van der Waals surface area contributed by atoms with Crippen molar-refractivity contribution >= 4 is 17.5 Å². The molecule has 3 rings (SSSR count). The zero-order chi connectivity index (χ0) is 17.6.